The number of rotatable bonds is 5. The summed E-state index contributed by atoms with van der Waals surface area (Å²) in [4.78, 5) is 10.8. The lowest BCUT2D eigenvalue weighted by atomic mass is 10.0. The maximum Gasteiger partial charge on any atom is 0.232 e. The van der Waals surface area contributed by atoms with Gasteiger partial charge >= 0.3 is 0 Å². The minimum absolute atomic E-state index is 0.130. The molecule has 3 aromatic rings. The van der Waals surface area contributed by atoms with Gasteiger partial charge in [0, 0.05) is 43.0 Å². The van der Waals surface area contributed by atoms with E-state index in [-0.39, 0.29) is 12.2 Å². The number of nitrogens with two attached hydrogens (primary N) is 1. The van der Waals surface area contributed by atoms with Gasteiger partial charge in [-0.2, -0.15) is 5.10 Å². The Labute approximate surface area is 181 Å². The second kappa shape index (κ2) is 8.35. The number of hydrogen-bond acceptors (Lipinski definition) is 8. The Morgan fingerprint density at radius 1 is 1.19 bits per heavy atom. The first-order valence-corrected chi connectivity index (χ1v) is 10.2. The summed E-state index contributed by atoms with van der Waals surface area (Å²) in [5.74, 6) is 1.26. The van der Waals surface area contributed by atoms with E-state index in [0.717, 1.165) is 24.5 Å². The monoisotopic (exact) mass is 421 g/mol. The van der Waals surface area contributed by atoms with Crippen molar-refractivity contribution in [1.29, 1.82) is 5.41 Å². The van der Waals surface area contributed by atoms with Crippen LogP contribution in [0, 0.1) is 5.41 Å². The lowest BCUT2D eigenvalue weighted by Gasteiger charge is -2.35. The second-order valence-electron chi connectivity index (χ2n) is 7.80. The third-order valence-electron chi connectivity index (χ3n) is 5.31. The van der Waals surface area contributed by atoms with Crippen molar-refractivity contribution in [3.8, 4) is 17.1 Å². The highest BCUT2D eigenvalue weighted by atomic mass is 16.5. The molecule has 3 N–H and O–H groups in total. The lowest BCUT2D eigenvalue weighted by Crippen LogP contribution is -2.45. The minimum Gasteiger partial charge on any atom is -0.480 e. The highest BCUT2D eigenvalue weighted by Crippen LogP contribution is 2.27. The number of nitrogens with one attached hydrogen (secondary N) is 1. The summed E-state index contributed by atoms with van der Waals surface area (Å²) in [5, 5.41) is 13.5. The van der Waals surface area contributed by atoms with Crippen LogP contribution in [0.2, 0.25) is 0 Å². The zero-order valence-corrected chi connectivity index (χ0v) is 18.2. The molecule has 3 heterocycles. The molecule has 0 amide bonds. The number of nitrogen functional groups attached to an aromatic ring is 1. The minimum atomic E-state index is 0.130. The van der Waals surface area contributed by atoms with E-state index in [4.69, 9.17) is 20.6 Å². The number of aromatic nitrogens is 4. The van der Waals surface area contributed by atoms with Crippen LogP contribution in [-0.2, 0) is 11.8 Å². The lowest BCUT2D eigenvalue weighted by molar-refractivity contribution is -0.00548. The molecule has 0 bridgehead atoms. The standard InChI is InChI=1S/C22H27N7O2/c1-13-11-29(12-14(2)31-13)20-8-19(28(3)27-20)22(24)16-7-15(5-6-17(16)23)18-9-25-10-21(26-18)30-4/h5-10,13-14,24H,11-12,23H2,1-4H3/t13-,14+. The predicted molar refractivity (Wildman–Crippen MR) is 120 cm³/mol. The average molecular weight is 422 g/mol. The van der Waals surface area contributed by atoms with Crippen LogP contribution in [0.3, 0.4) is 0 Å². The summed E-state index contributed by atoms with van der Waals surface area (Å²) >= 11 is 0. The van der Waals surface area contributed by atoms with E-state index in [1.807, 2.05) is 25.2 Å². The van der Waals surface area contributed by atoms with Gasteiger partial charge in [0.2, 0.25) is 5.88 Å². The van der Waals surface area contributed by atoms with Gasteiger partial charge in [-0.1, -0.05) is 6.07 Å². The highest BCUT2D eigenvalue weighted by molar-refractivity contribution is 6.13. The van der Waals surface area contributed by atoms with Gasteiger partial charge in [-0.25, -0.2) is 4.98 Å². The number of anilines is 2. The summed E-state index contributed by atoms with van der Waals surface area (Å²) in [7, 11) is 3.39. The van der Waals surface area contributed by atoms with Crippen molar-refractivity contribution >= 4 is 17.2 Å². The third kappa shape index (κ3) is 4.22. The van der Waals surface area contributed by atoms with E-state index in [1.54, 1.807) is 30.3 Å². The van der Waals surface area contributed by atoms with Crippen molar-refractivity contribution in [2.24, 2.45) is 7.05 Å². The molecular weight excluding hydrogens is 394 g/mol. The fraction of sp³-hybridized carbons (Fsp3) is 0.364. The van der Waals surface area contributed by atoms with E-state index < -0.39 is 0 Å². The Hall–Kier alpha value is -3.46. The average Bonchev–Trinajstić information content (AvgIpc) is 3.14. The number of nitrogens with zero attached hydrogens (tertiary/aromatic N) is 5. The summed E-state index contributed by atoms with van der Waals surface area (Å²) in [6.45, 7) is 5.64. The van der Waals surface area contributed by atoms with E-state index >= 15 is 0 Å². The molecule has 0 aliphatic carbocycles. The molecule has 9 nitrogen and oxygen atoms in total. The van der Waals surface area contributed by atoms with E-state index in [9.17, 15) is 0 Å². The molecule has 1 aromatic carbocycles. The van der Waals surface area contributed by atoms with Crippen molar-refractivity contribution < 1.29 is 9.47 Å². The normalized spacial score (nSPS) is 18.8. The SMILES string of the molecule is COc1cncc(-c2ccc(N)c(C(=N)c3cc(N4C[C@@H](C)O[C@@H](C)C4)nn3C)c2)n1. The van der Waals surface area contributed by atoms with Gasteiger partial charge in [0.1, 0.15) is 0 Å². The van der Waals surface area contributed by atoms with E-state index in [2.05, 4.69) is 33.8 Å². The number of hydrogen-bond donors (Lipinski definition) is 2. The number of benzene rings is 1. The Kier molecular flexibility index (Phi) is 5.60. The summed E-state index contributed by atoms with van der Waals surface area (Å²) in [6, 6.07) is 7.43. The molecule has 2 atom stereocenters. The first kappa shape index (κ1) is 20.8. The summed E-state index contributed by atoms with van der Waals surface area (Å²) in [5.41, 5.74) is 9.80. The number of aryl methyl sites for hydroxylation is 1. The van der Waals surface area contributed by atoms with E-state index in [1.165, 1.54) is 0 Å². The molecule has 0 spiro atoms. The maximum absolute atomic E-state index is 8.85. The Morgan fingerprint density at radius 3 is 2.65 bits per heavy atom. The number of ether oxygens (including phenoxy) is 2. The quantitative estimate of drug-likeness (QED) is 0.480. The molecule has 2 aromatic heterocycles. The fourth-order valence-corrected chi connectivity index (χ4v) is 3.86. The molecule has 31 heavy (non-hydrogen) atoms. The van der Waals surface area contributed by atoms with Crippen LogP contribution in [0.1, 0.15) is 25.1 Å². The second-order valence-corrected chi connectivity index (χ2v) is 7.80. The van der Waals surface area contributed by atoms with Crippen LogP contribution in [-0.4, -0.2) is 57.9 Å². The van der Waals surface area contributed by atoms with Crippen molar-refractivity contribution in [3.05, 3.63) is 47.9 Å². The molecule has 4 rings (SSSR count). The van der Waals surface area contributed by atoms with Crippen LogP contribution < -0.4 is 15.4 Å². The van der Waals surface area contributed by atoms with Gasteiger partial charge in [-0.15, -0.1) is 0 Å². The van der Waals surface area contributed by atoms with E-state index in [0.29, 0.717) is 34.2 Å². The van der Waals surface area contributed by atoms with Crippen molar-refractivity contribution in [1.82, 2.24) is 19.7 Å². The zero-order chi connectivity index (χ0) is 22.1. The molecule has 1 saturated heterocycles. The zero-order valence-electron chi connectivity index (χ0n) is 18.2. The van der Waals surface area contributed by atoms with Crippen LogP contribution >= 0.6 is 0 Å². The third-order valence-corrected chi connectivity index (χ3v) is 5.31. The Bertz CT molecular complexity index is 1100. The van der Waals surface area contributed by atoms with Gasteiger partial charge in [-0.3, -0.25) is 15.1 Å². The van der Waals surface area contributed by atoms with Gasteiger partial charge in [0.15, 0.2) is 5.82 Å². The Morgan fingerprint density at radius 2 is 1.94 bits per heavy atom. The van der Waals surface area contributed by atoms with Crippen LogP contribution in [0.5, 0.6) is 5.88 Å². The molecular formula is C22H27N7O2. The molecule has 1 aliphatic heterocycles. The summed E-state index contributed by atoms with van der Waals surface area (Å²) in [6.07, 6.45) is 3.47. The van der Waals surface area contributed by atoms with Crippen LogP contribution in [0.4, 0.5) is 11.5 Å². The Balaban J connectivity index is 1.66. The maximum atomic E-state index is 8.85. The first-order valence-electron chi connectivity index (χ1n) is 10.2. The van der Waals surface area contributed by atoms with Crippen LogP contribution in [0.15, 0.2) is 36.7 Å². The largest absolute Gasteiger partial charge is 0.480 e. The predicted octanol–water partition coefficient (Wildman–Crippen LogP) is 2.50. The first-order chi connectivity index (χ1) is 14.9. The van der Waals surface area contributed by atoms with Crippen molar-refractivity contribution in [2.75, 3.05) is 30.8 Å². The van der Waals surface area contributed by atoms with Crippen molar-refractivity contribution in [3.63, 3.8) is 0 Å². The van der Waals surface area contributed by atoms with Crippen molar-refractivity contribution in [2.45, 2.75) is 26.1 Å². The number of morpholine rings is 1. The number of methoxy groups -OCH3 is 1. The molecule has 162 valence electrons. The van der Waals surface area contributed by atoms with Gasteiger partial charge in [0.25, 0.3) is 0 Å². The topological polar surface area (TPSA) is 115 Å². The molecule has 0 radical (unpaired) electrons. The molecule has 9 heteroatoms. The highest BCUT2D eigenvalue weighted by Gasteiger charge is 2.25. The summed E-state index contributed by atoms with van der Waals surface area (Å²) < 4.78 is 12.7. The molecule has 1 aliphatic rings. The molecule has 1 fully saturated rings. The molecule has 0 unspecified atom stereocenters. The van der Waals surface area contributed by atoms with Crippen LogP contribution in [0.25, 0.3) is 11.3 Å². The molecule has 0 saturated carbocycles. The van der Waals surface area contributed by atoms with Gasteiger partial charge < -0.3 is 20.1 Å². The fourth-order valence-electron chi connectivity index (χ4n) is 3.86. The van der Waals surface area contributed by atoms with Gasteiger partial charge in [0.05, 0.1) is 48.8 Å². The van der Waals surface area contributed by atoms with Gasteiger partial charge in [-0.05, 0) is 26.0 Å². The smallest absolute Gasteiger partial charge is 0.232 e.